The van der Waals surface area contributed by atoms with Crippen LogP contribution in [0.3, 0.4) is 0 Å². The number of furan rings is 2. The van der Waals surface area contributed by atoms with Gasteiger partial charge in [-0.15, -0.1) is 0 Å². The van der Waals surface area contributed by atoms with Crippen molar-refractivity contribution >= 4 is 49.8 Å². The summed E-state index contributed by atoms with van der Waals surface area (Å²) in [7, 11) is 0. The highest BCUT2D eigenvalue weighted by Crippen LogP contribution is 2.46. The monoisotopic (exact) mass is 508 g/mol. The molecule has 0 saturated heterocycles. The molecule has 2 aromatic heterocycles. The number of para-hydroxylation sites is 4. The lowest BCUT2D eigenvalue weighted by Crippen LogP contribution is -2.10. The molecular formula is C35H24O4. The number of carbonyl (C=O) groups is 1. The van der Waals surface area contributed by atoms with Crippen molar-refractivity contribution in [2.45, 2.75) is 13.8 Å². The predicted molar refractivity (Wildman–Crippen MR) is 157 cm³/mol. The second kappa shape index (κ2) is 8.74. The molecule has 0 aliphatic carbocycles. The fraction of sp³-hybridized carbons (Fsp3) is 0.0571. The number of hydrogen-bond acceptors (Lipinski definition) is 4. The Kier molecular flexibility index (Phi) is 5.17. The third kappa shape index (κ3) is 3.64. The van der Waals surface area contributed by atoms with Gasteiger partial charge in [0.05, 0.1) is 0 Å². The standard InChI is InChI=1S/C35H24O4/c1-20(2)35(36)39-34-28(26-14-8-12-24-22-10-4-6-16-30(22)37-32(24)26)18-21(3)19-29(34)27-15-9-13-25-23-11-5-7-17-31(23)38-33(25)27/h4-19H,1H2,2-3H3. The predicted octanol–water partition coefficient (Wildman–Crippen LogP) is 9.61. The van der Waals surface area contributed by atoms with Gasteiger partial charge in [-0.2, -0.15) is 0 Å². The molecule has 0 atom stereocenters. The molecule has 4 heteroatoms. The maximum atomic E-state index is 13.0. The fourth-order valence-corrected chi connectivity index (χ4v) is 5.38. The summed E-state index contributed by atoms with van der Waals surface area (Å²) < 4.78 is 18.9. The van der Waals surface area contributed by atoms with Crippen molar-refractivity contribution in [1.29, 1.82) is 0 Å². The van der Waals surface area contributed by atoms with Gasteiger partial charge in [-0.1, -0.05) is 79.4 Å². The topological polar surface area (TPSA) is 52.6 Å². The van der Waals surface area contributed by atoms with Crippen molar-refractivity contribution in [3.63, 3.8) is 0 Å². The van der Waals surface area contributed by atoms with E-state index >= 15 is 0 Å². The van der Waals surface area contributed by atoms with Gasteiger partial charge in [0, 0.05) is 49.4 Å². The smallest absolute Gasteiger partial charge is 0.338 e. The van der Waals surface area contributed by atoms with Crippen LogP contribution in [0.2, 0.25) is 0 Å². The molecule has 0 bridgehead atoms. The Labute approximate surface area is 224 Å². The lowest BCUT2D eigenvalue weighted by atomic mass is 9.93. The van der Waals surface area contributed by atoms with Crippen LogP contribution in [-0.2, 0) is 4.79 Å². The van der Waals surface area contributed by atoms with Gasteiger partial charge in [-0.25, -0.2) is 4.79 Å². The number of carbonyl (C=O) groups excluding carboxylic acids is 1. The Balaban J connectivity index is 1.56. The summed E-state index contributed by atoms with van der Waals surface area (Å²) >= 11 is 0. The third-order valence-electron chi connectivity index (χ3n) is 7.17. The second-order valence-corrected chi connectivity index (χ2v) is 9.92. The van der Waals surface area contributed by atoms with E-state index < -0.39 is 5.97 Å². The molecule has 39 heavy (non-hydrogen) atoms. The quantitative estimate of drug-likeness (QED) is 0.135. The summed E-state index contributed by atoms with van der Waals surface area (Å²) in [5.74, 6) is -0.0515. The first-order valence-electron chi connectivity index (χ1n) is 12.8. The minimum Gasteiger partial charge on any atom is -0.455 e. The molecule has 4 nitrogen and oxygen atoms in total. The normalized spacial score (nSPS) is 11.5. The van der Waals surface area contributed by atoms with Gasteiger partial charge < -0.3 is 13.6 Å². The van der Waals surface area contributed by atoms with Crippen LogP contribution in [0.4, 0.5) is 0 Å². The summed E-state index contributed by atoms with van der Waals surface area (Å²) in [6.45, 7) is 7.50. The van der Waals surface area contributed by atoms with Crippen LogP contribution in [0, 0.1) is 6.92 Å². The van der Waals surface area contributed by atoms with Crippen molar-refractivity contribution in [3.8, 4) is 28.0 Å². The summed E-state index contributed by atoms with van der Waals surface area (Å²) in [5, 5.41) is 4.08. The number of esters is 1. The number of benzene rings is 5. The molecule has 0 aliphatic rings. The SMILES string of the molecule is C=C(C)C(=O)Oc1c(-c2cccc3c2oc2ccccc23)cc(C)cc1-c1cccc2c1oc1ccccc12. The number of aryl methyl sites for hydroxylation is 1. The number of ether oxygens (including phenoxy) is 1. The van der Waals surface area contributed by atoms with E-state index in [9.17, 15) is 4.79 Å². The van der Waals surface area contributed by atoms with Crippen LogP contribution < -0.4 is 4.74 Å². The van der Waals surface area contributed by atoms with Gasteiger partial charge in [-0.3, -0.25) is 0 Å². The third-order valence-corrected chi connectivity index (χ3v) is 7.17. The average Bonchev–Trinajstić information content (AvgIpc) is 3.52. The average molecular weight is 509 g/mol. The minimum absolute atomic E-state index is 0.316. The maximum Gasteiger partial charge on any atom is 0.338 e. The maximum absolute atomic E-state index is 13.0. The van der Waals surface area contributed by atoms with Crippen LogP contribution in [0.15, 0.2) is 118 Å². The second-order valence-electron chi connectivity index (χ2n) is 9.92. The zero-order chi connectivity index (χ0) is 26.7. The molecule has 0 saturated carbocycles. The van der Waals surface area contributed by atoms with E-state index in [0.29, 0.717) is 11.3 Å². The van der Waals surface area contributed by atoms with E-state index in [1.165, 1.54) is 0 Å². The molecule has 0 aliphatic heterocycles. The summed E-state index contributed by atoms with van der Waals surface area (Å²) in [6.07, 6.45) is 0. The first kappa shape index (κ1) is 23.1. The van der Waals surface area contributed by atoms with Crippen molar-refractivity contribution in [1.82, 2.24) is 0 Å². The van der Waals surface area contributed by atoms with Crippen LogP contribution in [0.1, 0.15) is 12.5 Å². The highest BCUT2D eigenvalue weighted by atomic mass is 16.5. The molecule has 7 aromatic rings. The highest BCUT2D eigenvalue weighted by Gasteiger charge is 2.23. The Bertz CT molecular complexity index is 1970. The first-order valence-corrected chi connectivity index (χ1v) is 12.8. The van der Waals surface area contributed by atoms with Gasteiger partial charge in [0.2, 0.25) is 0 Å². The zero-order valence-electron chi connectivity index (χ0n) is 21.6. The Hall–Kier alpha value is -5.09. The number of rotatable bonds is 4. The van der Waals surface area contributed by atoms with Gasteiger partial charge in [0.25, 0.3) is 0 Å². The molecule has 0 N–H and O–H groups in total. The summed E-state index contributed by atoms with van der Waals surface area (Å²) in [6, 6.07) is 32.1. The van der Waals surface area contributed by atoms with Crippen LogP contribution >= 0.6 is 0 Å². The molecule has 188 valence electrons. The summed E-state index contributed by atoms with van der Waals surface area (Å²) in [4.78, 5) is 13.0. The lowest BCUT2D eigenvalue weighted by Gasteiger charge is -2.17. The molecule has 0 amide bonds. The molecule has 7 rings (SSSR count). The first-order chi connectivity index (χ1) is 19.0. The highest BCUT2D eigenvalue weighted by molar-refractivity contribution is 6.12. The lowest BCUT2D eigenvalue weighted by molar-refractivity contribution is -0.130. The number of fused-ring (bicyclic) bond motifs is 6. The van der Waals surface area contributed by atoms with E-state index in [1.807, 2.05) is 79.7 Å². The van der Waals surface area contributed by atoms with E-state index in [2.05, 4.69) is 30.8 Å². The number of hydrogen-bond donors (Lipinski definition) is 0. The van der Waals surface area contributed by atoms with Gasteiger partial charge in [0.1, 0.15) is 28.1 Å². The molecular weight excluding hydrogens is 484 g/mol. The van der Waals surface area contributed by atoms with Gasteiger partial charge in [-0.05, 0) is 43.7 Å². The molecule has 0 radical (unpaired) electrons. The Morgan fingerprint density at radius 1 is 0.641 bits per heavy atom. The molecule has 0 spiro atoms. The fourth-order valence-electron chi connectivity index (χ4n) is 5.38. The molecule has 0 unspecified atom stereocenters. The van der Waals surface area contributed by atoms with E-state index in [-0.39, 0.29) is 0 Å². The van der Waals surface area contributed by atoms with Gasteiger partial charge in [0.15, 0.2) is 0 Å². The molecule has 2 heterocycles. The summed E-state index contributed by atoms with van der Waals surface area (Å²) in [5.41, 5.74) is 7.63. The van der Waals surface area contributed by atoms with Crippen LogP contribution in [0.25, 0.3) is 66.1 Å². The van der Waals surface area contributed by atoms with E-state index in [4.69, 9.17) is 13.6 Å². The van der Waals surface area contributed by atoms with Crippen molar-refractivity contribution < 1.29 is 18.4 Å². The molecule has 0 fully saturated rings. The molecule has 5 aromatic carbocycles. The Morgan fingerprint density at radius 2 is 1.10 bits per heavy atom. The van der Waals surface area contributed by atoms with Crippen molar-refractivity contribution in [2.24, 2.45) is 0 Å². The largest absolute Gasteiger partial charge is 0.455 e. The van der Waals surface area contributed by atoms with Crippen LogP contribution in [-0.4, -0.2) is 5.97 Å². The van der Waals surface area contributed by atoms with E-state index in [1.54, 1.807) is 6.92 Å². The van der Waals surface area contributed by atoms with Gasteiger partial charge >= 0.3 is 5.97 Å². The van der Waals surface area contributed by atoms with Crippen molar-refractivity contribution in [2.75, 3.05) is 0 Å². The zero-order valence-corrected chi connectivity index (χ0v) is 21.6. The Morgan fingerprint density at radius 3 is 1.59 bits per heavy atom. The van der Waals surface area contributed by atoms with E-state index in [0.717, 1.165) is 71.7 Å². The van der Waals surface area contributed by atoms with Crippen LogP contribution in [0.5, 0.6) is 5.75 Å². The minimum atomic E-state index is -0.491. The van der Waals surface area contributed by atoms with Crippen molar-refractivity contribution in [3.05, 3.63) is 115 Å².